The van der Waals surface area contributed by atoms with Crippen molar-refractivity contribution in [3.05, 3.63) is 0 Å². The largest absolute Gasteiger partial charge is 0.354 e. The second-order valence-electron chi connectivity index (χ2n) is 26.3. The van der Waals surface area contributed by atoms with Gasteiger partial charge in [0.15, 0.2) is 23.8 Å². The summed E-state index contributed by atoms with van der Waals surface area (Å²) in [5.41, 5.74) is 0. The Bertz CT molecular complexity index is 1910. The van der Waals surface area contributed by atoms with Gasteiger partial charge in [0, 0.05) is 193 Å². The van der Waals surface area contributed by atoms with Crippen LogP contribution in [0.5, 0.6) is 0 Å². The molecule has 2 heterocycles. The van der Waals surface area contributed by atoms with Crippen LogP contribution in [-0.4, -0.2) is 254 Å². The van der Waals surface area contributed by atoms with Gasteiger partial charge in [-0.25, -0.2) is 0 Å². The van der Waals surface area contributed by atoms with Gasteiger partial charge in [-0.15, -0.1) is 0 Å². The predicted octanol–water partition coefficient (Wildman–Crippen LogP) is 11.2. The molecule has 2 aliphatic heterocycles. The Hall–Kier alpha value is -5.57. The molecule has 0 aromatic heterocycles. The van der Waals surface area contributed by atoms with Gasteiger partial charge in [-0.2, -0.15) is 0 Å². The first-order valence-electron chi connectivity index (χ1n) is 36.1. The molecule has 0 radical (unpaired) electrons. The first kappa shape index (κ1) is 102. The fourth-order valence-corrected chi connectivity index (χ4v) is 7.78. The molecule has 5 N–H and O–H groups in total. The van der Waals surface area contributed by atoms with E-state index in [1.807, 2.05) is 111 Å². The van der Waals surface area contributed by atoms with Crippen LogP contribution in [0.4, 0.5) is 0 Å². The molecule has 2 fully saturated rings. The third-order valence-electron chi connectivity index (χ3n) is 13.1. The number of carbonyl (C=O) groups is 5. The van der Waals surface area contributed by atoms with E-state index < -0.39 is 0 Å². The van der Waals surface area contributed by atoms with Crippen molar-refractivity contribution in [2.45, 2.75) is 302 Å². The van der Waals surface area contributed by atoms with Gasteiger partial charge in [0.1, 0.15) is 0 Å². The molecule has 94 heavy (non-hydrogen) atoms. The second-order valence-corrected chi connectivity index (χ2v) is 26.3. The molecule has 0 bridgehead atoms. The Morgan fingerprint density at radius 3 is 0.915 bits per heavy atom. The summed E-state index contributed by atoms with van der Waals surface area (Å²) in [6.07, 6.45) is 2.08. The van der Waals surface area contributed by atoms with Crippen molar-refractivity contribution in [2.75, 3.05) is 107 Å². The average Bonchev–Trinajstić information content (AvgIpc) is 1.76. The normalized spacial score (nSPS) is 12.3. The summed E-state index contributed by atoms with van der Waals surface area (Å²) in [4.78, 5) is 89.6. The molecule has 0 aliphatic carbocycles. The molecule has 1 atom stereocenters. The quantitative estimate of drug-likeness (QED) is 0.0504. The fourth-order valence-electron chi connectivity index (χ4n) is 7.78. The van der Waals surface area contributed by atoms with Crippen LogP contribution >= 0.6 is 0 Å². The minimum atomic E-state index is 0.0370. The molecule has 5 amide bonds. The molecule has 2 saturated heterocycles. The Morgan fingerprint density at radius 1 is 0.404 bits per heavy atom. The molecule has 0 aromatic carbocycles. The highest BCUT2D eigenvalue weighted by atomic mass is 16.2. The van der Waals surface area contributed by atoms with E-state index in [4.69, 9.17) is 4.99 Å². The SMILES string of the molecule is CC(=O)NC(C)C.CC(C)N=C1N(C)CCN1C.CC(C)NC(=O)C(C)C.CCC(=O)NC(C)C.CCC(=O)NC(C)C.CCC(C)C(=O)NC(C)C.CCN(C)C(=NC(C)C)N(C)CC.CCN(CC)C(=NC(C)C)N(CC)CC.CCN1CCN(CC)C1=NC(C)C. The number of nitrogens with one attached hydrogen (secondary N) is 5. The summed E-state index contributed by atoms with van der Waals surface area (Å²) in [6, 6.07) is 2.88. The van der Waals surface area contributed by atoms with Gasteiger partial charge in [0.25, 0.3) is 0 Å². The maximum Gasteiger partial charge on any atom is 0.223 e. The molecule has 0 aromatic rings. The zero-order valence-corrected chi connectivity index (χ0v) is 68.4. The minimum Gasteiger partial charge on any atom is -0.354 e. The van der Waals surface area contributed by atoms with E-state index in [2.05, 4.69) is 220 Å². The van der Waals surface area contributed by atoms with Gasteiger partial charge in [0.05, 0.1) is 0 Å². The molecular formula is C72H157N17O5. The molecule has 0 spiro atoms. The van der Waals surface area contributed by atoms with Crippen molar-refractivity contribution in [3.8, 4) is 0 Å². The van der Waals surface area contributed by atoms with Crippen molar-refractivity contribution in [2.24, 2.45) is 31.8 Å². The van der Waals surface area contributed by atoms with E-state index in [0.29, 0.717) is 37.0 Å². The molecule has 22 nitrogen and oxygen atoms in total. The van der Waals surface area contributed by atoms with Crippen molar-refractivity contribution < 1.29 is 24.0 Å². The van der Waals surface area contributed by atoms with Crippen molar-refractivity contribution in [3.63, 3.8) is 0 Å². The Balaban J connectivity index is -0.000000183. The molecule has 560 valence electrons. The van der Waals surface area contributed by atoms with E-state index in [0.717, 1.165) is 103 Å². The number of hydrogen-bond acceptors (Lipinski definition) is 9. The minimum absolute atomic E-state index is 0.0370. The number of nitrogens with zero attached hydrogens (tertiary/aromatic N) is 12. The summed E-state index contributed by atoms with van der Waals surface area (Å²) in [5.74, 6) is 5.40. The van der Waals surface area contributed by atoms with Crippen molar-refractivity contribution in [1.29, 1.82) is 0 Å². The summed E-state index contributed by atoms with van der Waals surface area (Å²) >= 11 is 0. The second kappa shape index (κ2) is 62.2. The van der Waals surface area contributed by atoms with Gasteiger partial charge in [-0.1, -0.05) is 41.5 Å². The maximum absolute atomic E-state index is 11.1. The number of rotatable bonds is 22. The first-order valence-corrected chi connectivity index (χ1v) is 36.1. The summed E-state index contributed by atoms with van der Waals surface area (Å²) in [6.45, 7) is 79.5. The lowest BCUT2D eigenvalue weighted by Gasteiger charge is -2.32. The van der Waals surface area contributed by atoms with Crippen LogP contribution in [-0.2, 0) is 24.0 Å². The molecule has 2 rings (SSSR count). The highest BCUT2D eigenvalue weighted by Crippen LogP contribution is 2.10. The van der Waals surface area contributed by atoms with Gasteiger partial charge < -0.3 is 65.8 Å². The topological polar surface area (TPSA) is 221 Å². The lowest BCUT2D eigenvalue weighted by Crippen LogP contribution is -2.44. The summed E-state index contributed by atoms with van der Waals surface area (Å²) < 4.78 is 0. The number of amides is 5. The van der Waals surface area contributed by atoms with E-state index in [1.54, 1.807) is 0 Å². The third kappa shape index (κ3) is 60.1. The lowest BCUT2D eigenvalue weighted by atomic mass is 10.1. The van der Waals surface area contributed by atoms with E-state index in [1.165, 1.54) is 12.9 Å². The first-order chi connectivity index (χ1) is 43.5. The molecule has 0 saturated carbocycles. The van der Waals surface area contributed by atoms with Crippen LogP contribution in [0.3, 0.4) is 0 Å². The van der Waals surface area contributed by atoms with E-state index in [9.17, 15) is 24.0 Å². The smallest absolute Gasteiger partial charge is 0.223 e. The van der Waals surface area contributed by atoms with E-state index >= 15 is 0 Å². The van der Waals surface area contributed by atoms with Crippen LogP contribution < -0.4 is 26.6 Å². The van der Waals surface area contributed by atoms with Gasteiger partial charge in [-0.05, 0) is 186 Å². The Morgan fingerprint density at radius 2 is 0.713 bits per heavy atom. The fraction of sp³-hybridized carbons (Fsp3) is 0.875. The molecule has 2 aliphatic rings. The van der Waals surface area contributed by atoms with Crippen LogP contribution in [0.2, 0.25) is 0 Å². The van der Waals surface area contributed by atoms with E-state index in [-0.39, 0.29) is 71.6 Å². The van der Waals surface area contributed by atoms with Crippen LogP contribution in [0.15, 0.2) is 20.0 Å². The molecule has 22 heteroatoms. The van der Waals surface area contributed by atoms with Crippen LogP contribution in [0, 0.1) is 11.8 Å². The summed E-state index contributed by atoms with van der Waals surface area (Å²) in [5, 5.41) is 13.8. The number of hydrogen-bond donors (Lipinski definition) is 5. The van der Waals surface area contributed by atoms with Crippen LogP contribution in [0.1, 0.15) is 248 Å². The Labute approximate surface area is 581 Å². The standard InChI is InChI=1S/C12H27N3.C10H21N3.C10H23N3.C8H17N3.C8H17NO.C7H15NO.2C6H13NO.C5H11NO/c1-7-14(8-2)12(13-11(5)6)15(9-3)10-4;1-5-12-7-8-13(6-2)10(12)11-9(3)4;1-7-12(5)10(11-9(3)4)13(6)8-2;1-7(2)9-8-10(3)5-6-11(8)4;1-5-7(4)8(10)9-6(2)3;1-5(2)7(9)8-6(3)4;2*1-4-6(8)7-5(2)3;1-4(2)6-5(3)7/h11H,7-10H2,1-6H3;9H,5-8H2,1-4H3;9H,7-8H2,1-6H3;7H,5-6H2,1-4H3;6-7H,5H2,1-4H3,(H,9,10);5-6H,1-4H3,(H,8,9);2*5H,4H2,1-3H3,(H,7,8);4H,1-3H3,(H,6,7). The van der Waals surface area contributed by atoms with Crippen molar-refractivity contribution >= 4 is 53.4 Å². The zero-order chi connectivity index (χ0) is 75.1. The van der Waals surface area contributed by atoms with Crippen LogP contribution in [0.25, 0.3) is 0 Å². The average molecular weight is 1340 g/mol. The highest BCUT2D eigenvalue weighted by Gasteiger charge is 2.24. The number of aliphatic imine (C=N–C) groups is 4. The molecular weight excluding hydrogens is 1180 g/mol. The summed E-state index contributed by atoms with van der Waals surface area (Å²) in [7, 11) is 8.33. The predicted molar refractivity (Wildman–Crippen MR) is 409 cm³/mol. The van der Waals surface area contributed by atoms with Crippen molar-refractivity contribution in [1.82, 2.24) is 65.8 Å². The number of carbonyl (C=O) groups excluding carboxylic acids is 5. The zero-order valence-electron chi connectivity index (χ0n) is 68.4. The lowest BCUT2D eigenvalue weighted by molar-refractivity contribution is -0.125. The third-order valence-corrected chi connectivity index (χ3v) is 13.1. The highest BCUT2D eigenvalue weighted by molar-refractivity contribution is 5.83. The Kier molecular flexibility index (Phi) is 67.5. The van der Waals surface area contributed by atoms with Gasteiger partial charge >= 0.3 is 0 Å². The van der Waals surface area contributed by atoms with Gasteiger partial charge in [0.2, 0.25) is 29.5 Å². The molecule has 1 unspecified atom stereocenters. The monoisotopic (exact) mass is 1340 g/mol. The maximum atomic E-state index is 11.1. The number of likely N-dealkylation sites (N-methyl/N-ethyl adjacent to an activating group) is 4. The number of guanidine groups is 4. The van der Waals surface area contributed by atoms with Gasteiger partial charge in [-0.3, -0.25) is 43.9 Å².